The van der Waals surface area contributed by atoms with Gasteiger partial charge in [-0.3, -0.25) is 4.79 Å². The average Bonchev–Trinajstić information content (AvgIpc) is 3.55. The molecule has 1 N–H and O–H groups in total. The Morgan fingerprint density at radius 3 is 2.79 bits per heavy atom. The summed E-state index contributed by atoms with van der Waals surface area (Å²) in [6.45, 7) is 3.24. The topological polar surface area (TPSA) is 107 Å². The highest BCUT2D eigenvalue weighted by atomic mass is 16.5. The van der Waals surface area contributed by atoms with Crippen LogP contribution in [0, 0.1) is 6.92 Å². The molecule has 8 heteroatoms. The van der Waals surface area contributed by atoms with Crippen LogP contribution in [0.4, 0.5) is 5.82 Å². The predicted octanol–water partition coefficient (Wildman–Crippen LogP) is 4.80. The van der Waals surface area contributed by atoms with Gasteiger partial charge in [0, 0.05) is 11.5 Å². The first-order valence-electron chi connectivity index (χ1n) is 10.6. The van der Waals surface area contributed by atoms with E-state index < -0.39 is 18.0 Å². The van der Waals surface area contributed by atoms with Gasteiger partial charge in [-0.25, -0.2) is 9.78 Å². The van der Waals surface area contributed by atoms with Crippen LogP contribution >= 0.6 is 0 Å². The maximum absolute atomic E-state index is 13.3. The van der Waals surface area contributed by atoms with E-state index in [1.54, 1.807) is 19.3 Å². The van der Waals surface area contributed by atoms with E-state index >= 15 is 0 Å². The molecule has 0 fully saturated rings. The number of carbonyl (C=O) groups is 2. The minimum Gasteiger partial charge on any atom is -0.465 e. The number of allylic oxidation sites excluding steroid dienone is 1. The number of anilines is 1. The molecule has 33 heavy (non-hydrogen) atoms. The Balaban J connectivity index is 1.47. The summed E-state index contributed by atoms with van der Waals surface area (Å²) in [5.41, 5.74) is 3.69. The van der Waals surface area contributed by atoms with Gasteiger partial charge >= 0.3 is 5.97 Å². The summed E-state index contributed by atoms with van der Waals surface area (Å²) < 4.78 is 16.0. The van der Waals surface area contributed by atoms with Gasteiger partial charge in [-0.2, -0.15) is 0 Å². The van der Waals surface area contributed by atoms with Crippen LogP contribution < -0.4 is 5.32 Å². The van der Waals surface area contributed by atoms with Gasteiger partial charge in [0.05, 0.1) is 23.0 Å². The monoisotopic (exact) mass is 443 g/mol. The van der Waals surface area contributed by atoms with Crippen molar-refractivity contribution in [2.24, 2.45) is 0 Å². The average molecular weight is 443 g/mol. The number of pyridine rings is 1. The van der Waals surface area contributed by atoms with Crippen molar-refractivity contribution in [2.45, 2.75) is 32.8 Å². The number of fused-ring (bicyclic) bond motifs is 2. The van der Waals surface area contributed by atoms with Gasteiger partial charge in [0.25, 0.3) is 5.91 Å². The Morgan fingerprint density at radius 1 is 1.18 bits per heavy atom. The second-order valence-corrected chi connectivity index (χ2v) is 7.88. The number of hydrogen-bond acceptors (Lipinski definition) is 7. The van der Waals surface area contributed by atoms with Crippen molar-refractivity contribution in [3.8, 4) is 0 Å². The number of nitrogens with one attached hydrogen (secondary N) is 1. The Bertz CT molecular complexity index is 1380. The van der Waals surface area contributed by atoms with Gasteiger partial charge in [0.1, 0.15) is 11.5 Å². The summed E-state index contributed by atoms with van der Waals surface area (Å²) in [6, 6.07) is 12.7. The van der Waals surface area contributed by atoms with Crippen molar-refractivity contribution in [3.63, 3.8) is 0 Å². The second-order valence-electron chi connectivity index (χ2n) is 7.88. The molecule has 1 aliphatic rings. The van der Waals surface area contributed by atoms with Crippen LogP contribution in [0.15, 0.2) is 57.7 Å². The fourth-order valence-corrected chi connectivity index (χ4v) is 3.98. The Labute approximate surface area is 189 Å². The summed E-state index contributed by atoms with van der Waals surface area (Å²) >= 11 is 0. The van der Waals surface area contributed by atoms with Crippen LogP contribution in [0.1, 0.15) is 46.5 Å². The lowest BCUT2D eigenvalue weighted by Crippen LogP contribution is -2.30. The minimum atomic E-state index is -1.03. The summed E-state index contributed by atoms with van der Waals surface area (Å²) in [7, 11) is 0. The molecule has 0 radical (unpaired) electrons. The Morgan fingerprint density at radius 2 is 2.03 bits per heavy atom. The van der Waals surface area contributed by atoms with Gasteiger partial charge in [-0.1, -0.05) is 23.4 Å². The molecule has 1 atom stereocenters. The van der Waals surface area contributed by atoms with E-state index in [2.05, 4.69) is 10.5 Å². The summed E-state index contributed by atoms with van der Waals surface area (Å²) in [5.74, 6) is 0.494. The van der Waals surface area contributed by atoms with E-state index in [4.69, 9.17) is 18.7 Å². The molecule has 166 valence electrons. The molecule has 0 saturated heterocycles. The van der Waals surface area contributed by atoms with Crippen LogP contribution in [0.25, 0.3) is 22.6 Å². The third-order valence-electron chi connectivity index (χ3n) is 5.54. The number of para-hydroxylation sites is 1. The standard InChI is InChI=1S/C25H21N3O5/c1-14-12-21(28-33-14)27-24(29)15(2)32-25(30)22-18-7-3-4-8-20(18)26-23-16(9-10-19(22)23)13-17-6-5-11-31-17/h3-8,11-13,15H,9-10H2,1-2H3,(H,27,28,29)/b16-13+. The summed E-state index contributed by atoms with van der Waals surface area (Å²) in [5, 5.41) is 7.02. The molecule has 0 saturated carbocycles. The number of carbonyl (C=O) groups excluding carboxylic acids is 2. The Hall–Kier alpha value is -4.20. The molecule has 1 amide bonds. The van der Waals surface area contributed by atoms with E-state index in [0.29, 0.717) is 28.6 Å². The van der Waals surface area contributed by atoms with Crippen LogP contribution in [-0.2, 0) is 16.0 Å². The molecular weight excluding hydrogens is 422 g/mol. The molecular formula is C25H21N3O5. The third-order valence-corrected chi connectivity index (χ3v) is 5.54. The van der Waals surface area contributed by atoms with E-state index in [-0.39, 0.29) is 5.82 Å². The van der Waals surface area contributed by atoms with Gasteiger partial charge < -0.3 is 19.0 Å². The molecule has 0 spiro atoms. The number of ether oxygens (including phenoxy) is 1. The van der Waals surface area contributed by atoms with Crippen molar-refractivity contribution in [1.82, 2.24) is 10.1 Å². The molecule has 1 aliphatic carbocycles. The fourth-order valence-electron chi connectivity index (χ4n) is 3.98. The van der Waals surface area contributed by atoms with Crippen molar-refractivity contribution in [1.29, 1.82) is 0 Å². The number of benzene rings is 1. The maximum atomic E-state index is 13.3. The van der Waals surface area contributed by atoms with Crippen LogP contribution in [0.3, 0.4) is 0 Å². The number of aryl methyl sites for hydroxylation is 1. The molecule has 3 heterocycles. The number of amides is 1. The van der Waals surface area contributed by atoms with Crippen LogP contribution in [0.5, 0.6) is 0 Å². The first-order valence-corrected chi connectivity index (χ1v) is 10.6. The SMILES string of the molecule is Cc1cc(NC(=O)C(C)OC(=O)c2c3c(nc4ccccc24)/C(=C/c2ccco2)CC3)no1. The number of hydrogen-bond donors (Lipinski definition) is 1. The van der Waals surface area contributed by atoms with Crippen LogP contribution in [-0.4, -0.2) is 28.1 Å². The van der Waals surface area contributed by atoms with Crippen molar-refractivity contribution >= 4 is 40.2 Å². The molecule has 8 nitrogen and oxygen atoms in total. The molecule has 1 unspecified atom stereocenters. The van der Waals surface area contributed by atoms with Gasteiger partial charge in [-0.15, -0.1) is 0 Å². The largest absolute Gasteiger partial charge is 0.465 e. The van der Waals surface area contributed by atoms with Gasteiger partial charge in [0.15, 0.2) is 11.9 Å². The minimum absolute atomic E-state index is 0.267. The summed E-state index contributed by atoms with van der Waals surface area (Å²) in [4.78, 5) is 30.6. The lowest BCUT2D eigenvalue weighted by atomic mass is 10.0. The van der Waals surface area contributed by atoms with Crippen molar-refractivity contribution in [3.05, 3.63) is 77.1 Å². The van der Waals surface area contributed by atoms with Crippen molar-refractivity contribution in [2.75, 3.05) is 5.32 Å². The van der Waals surface area contributed by atoms with E-state index in [1.165, 1.54) is 6.92 Å². The van der Waals surface area contributed by atoms with Gasteiger partial charge in [-0.05, 0) is 62.1 Å². The van der Waals surface area contributed by atoms with Gasteiger partial charge in [0.2, 0.25) is 0 Å². The first kappa shape index (κ1) is 20.7. The smallest absolute Gasteiger partial charge is 0.339 e. The maximum Gasteiger partial charge on any atom is 0.339 e. The van der Waals surface area contributed by atoms with Crippen molar-refractivity contribution < 1.29 is 23.3 Å². The molecule has 0 bridgehead atoms. The predicted molar refractivity (Wildman–Crippen MR) is 121 cm³/mol. The normalized spacial score (nSPS) is 14.9. The van der Waals surface area contributed by atoms with E-state index in [9.17, 15) is 9.59 Å². The Kier molecular flexibility index (Phi) is 5.26. The number of rotatable bonds is 5. The number of esters is 1. The molecule has 0 aliphatic heterocycles. The second kappa shape index (κ2) is 8.38. The molecule has 4 aromatic rings. The molecule has 5 rings (SSSR count). The third kappa shape index (κ3) is 4.03. The molecule has 1 aromatic carbocycles. The van der Waals surface area contributed by atoms with E-state index in [0.717, 1.165) is 29.0 Å². The quantitative estimate of drug-likeness (QED) is 0.442. The fraction of sp³-hybridized carbons (Fsp3) is 0.200. The zero-order valence-electron chi connectivity index (χ0n) is 18.1. The number of nitrogens with zero attached hydrogens (tertiary/aromatic N) is 2. The number of furan rings is 1. The highest BCUT2D eigenvalue weighted by molar-refractivity contribution is 6.08. The molecule has 3 aromatic heterocycles. The van der Waals surface area contributed by atoms with Crippen LogP contribution in [0.2, 0.25) is 0 Å². The highest BCUT2D eigenvalue weighted by Gasteiger charge is 2.29. The van der Waals surface area contributed by atoms with E-state index in [1.807, 2.05) is 42.5 Å². The summed E-state index contributed by atoms with van der Waals surface area (Å²) in [6.07, 6.45) is 3.89. The number of aromatic nitrogens is 2. The lowest BCUT2D eigenvalue weighted by molar-refractivity contribution is -0.123. The lowest BCUT2D eigenvalue weighted by Gasteiger charge is -2.16. The first-order chi connectivity index (χ1) is 16.0. The zero-order valence-corrected chi connectivity index (χ0v) is 18.1. The highest BCUT2D eigenvalue weighted by Crippen LogP contribution is 2.38. The zero-order chi connectivity index (χ0) is 22.9.